The van der Waals surface area contributed by atoms with E-state index >= 15 is 0 Å². The van der Waals surface area contributed by atoms with E-state index in [0.717, 1.165) is 12.0 Å². The van der Waals surface area contributed by atoms with E-state index < -0.39 is 0 Å². The summed E-state index contributed by atoms with van der Waals surface area (Å²) in [6.07, 6.45) is 21.2. The Kier molecular flexibility index (Phi) is 11.2. The molecule has 2 nitrogen and oxygen atoms in total. The Morgan fingerprint density at radius 3 is 2.48 bits per heavy atom. The fraction of sp³-hybridized carbons (Fsp3) is 0.519. The van der Waals surface area contributed by atoms with Crippen molar-refractivity contribution >= 4 is 12.0 Å². The summed E-state index contributed by atoms with van der Waals surface area (Å²) < 4.78 is 5.01. The van der Waals surface area contributed by atoms with E-state index in [-0.39, 0.29) is 5.97 Å². The zero-order chi connectivity index (χ0) is 20.7. The van der Waals surface area contributed by atoms with Crippen molar-refractivity contribution in [1.82, 2.24) is 0 Å². The topological polar surface area (TPSA) is 26.3 Å². The molecular formula is C27H38O2. The van der Waals surface area contributed by atoms with Crippen LogP contribution in [0.15, 0.2) is 59.7 Å². The Balaban J connectivity index is 2.05. The molecule has 1 aromatic carbocycles. The van der Waals surface area contributed by atoms with E-state index in [2.05, 4.69) is 48.6 Å². The van der Waals surface area contributed by atoms with Gasteiger partial charge in [0.05, 0.1) is 6.61 Å². The number of carbonyl (C=O) groups excluding carboxylic acids is 1. The third-order valence-corrected chi connectivity index (χ3v) is 5.59. The van der Waals surface area contributed by atoms with Gasteiger partial charge in [0.15, 0.2) is 0 Å². The molecule has 0 radical (unpaired) electrons. The van der Waals surface area contributed by atoms with Gasteiger partial charge in [0.25, 0.3) is 0 Å². The van der Waals surface area contributed by atoms with Crippen LogP contribution < -0.4 is 0 Å². The number of hydrogen-bond acceptors (Lipinski definition) is 2. The number of hydrogen-bond donors (Lipinski definition) is 0. The van der Waals surface area contributed by atoms with Gasteiger partial charge in [-0.1, -0.05) is 86.2 Å². The average molecular weight is 395 g/mol. The van der Waals surface area contributed by atoms with Crippen LogP contribution in [-0.2, 0) is 9.53 Å². The molecular weight excluding hydrogens is 356 g/mol. The number of benzene rings is 1. The summed E-state index contributed by atoms with van der Waals surface area (Å²) in [7, 11) is 0. The molecule has 0 bridgehead atoms. The SMILES string of the molecule is CCOC(=O)C=C(C)C=CC1CCCCCCCCC(=Cc2ccccc2)CC1. The number of esters is 1. The molecule has 0 spiro atoms. The lowest BCUT2D eigenvalue weighted by Crippen LogP contribution is -2.01. The minimum atomic E-state index is -0.249. The van der Waals surface area contributed by atoms with Gasteiger partial charge in [0.2, 0.25) is 0 Å². The smallest absolute Gasteiger partial charge is 0.330 e. The summed E-state index contributed by atoms with van der Waals surface area (Å²) in [4.78, 5) is 11.6. The van der Waals surface area contributed by atoms with Gasteiger partial charge in [0.1, 0.15) is 0 Å². The van der Waals surface area contributed by atoms with Crippen LogP contribution in [0.4, 0.5) is 0 Å². The van der Waals surface area contributed by atoms with E-state index in [0.29, 0.717) is 12.5 Å². The molecule has 1 aromatic rings. The van der Waals surface area contributed by atoms with Crippen LogP contribution in [0.5, 0.6) is 0 Å². The van der Waals surface area contributed by atoms with Crippen LogP contribution in [0.2, 0.25) is 0 Å². The summed E-state index contributed by atoms with van der Waals surface area (Å²) in [5.74, 6) is 0.320. The van der Waals surface area contributed by atoms with Crippen LogP contribution in [0.25, 0.3) is 6.08 Å². The monoisotopic (exact) mass is 394 g/mol. The third-order valence-electron chi connectivity index (χ3n) is 5.59. The number of carbonyl (C=O) groups is 1. The number of rotatable bonds is 5. The summed E-state index contributed by atoms with van der Waals surface area (Å²) >= 11 is 0. The molecule has 0 heterocycles. The quantitative estimate of drug-likeness (QED) is 0.291. The summed E-state index contributed by atoms with van der Waals surface area (Å²) in [5, 5.41) is 0. The van der Waals surface area contributed by atoms with Crippen molar-refractivity contribution in [2.75, 3.05) is 6.61 Å². The predicted octanol–water partition coefficient (Wildman–Crippen LogP) is 7.67. The zero-order valence-corrected chi connectivity index (χ0v) is 18.4. The molecule has 1 aliphatic carbocycles. The van der Waals surface area contributed by atoms with E-state index in [1.807, 2.05) is 13.8 Å². The highest BCUT2D eigenvalue weighted by Crippen LogP contribution is 2.26. The average Bonchev–Trinajstić information content (AvgIpc) is 2.70. The molecule has 1 saturated carbocycles. The van der Waals surface area contributed by atoms with Gasteiger partial charge in [-0.25, -0.2) is 4.79 Å². The molecule has 0 N–H and O–H groups in total. The van der Waals surface area contributed by atoms with Crippen LogP contribution in [0.3, 0.4) is 0 Å². The molecule has 29 heavy (non-hydrogen) atoms. The van der Waals surface area contributed by atoms with Crippen molar-refractivity contribution in [3.05, 3.63) is 65.3 Å². The fourth-order valence-corrected chi connectivity index (χ4v) is 3.93. The van der Waals surface area contributed by atoms with Crippen LogP contribution in [-0.4, -0.2) is 12.6 Å². The molecule has 2 rings (SSSR count). The molecule has 1 unspecified atom stereocenters. The van der Waals surface area contributed by atoms with Crippen molar-refractivity contribution in [3.63, 3.8) is 0 Å². The molecule has 0 amide bonds. The number of allylic oxidation sites excluding steroid dienone is 4. The van der Waals surface area contributed by atoms with Crippen LogP contribution in [0, 0.1) is 5.92 Å². The first-order valence-corrected chi connectivity index (χ1v) is 11.4. The summed E-state index contributed by atoms with van der Waals surface area (Å²) in [6, 6.07) is 10.7. The van der Waals surface area contributed by atoms with E-state index in [1.54, 1.807) is 11.6 Å². The maximum atomic E-state index is 11.6. The highest BCUT2D eigenvalue weighted by Gasteiger charge is 2.09. The van der Waals surface area contributed by atoms with Gasteiger partial charge >= 0.3 is 5.97 Å². The molecule has 0 aromatic heterocycles. The lowest BCUT2D eigenvalue weighted by molar-refractivity contribution is -0.137. The van der Waals surface area contributed by atoms with Crippen molar-refractivity contribution in [3.8, 4) is 0 Å². The Hall–Kier alpha value is -2.09. The van der Waals surface area contributed by atoms with E-state index in [1.165, 1.54) is 63.4 Å². The fourth-order valence-electron chi connectivity index (χ4n) is 3.93. The van der Waals surface area contributed by atoms with Gasteiger partial charge in [-0.15, -0.1) is 0 Å². The minimum Gasteiger partial charge on any atom is -0.463 e. The predicted molar refractivity (Wildman–Crippen MR) is 124 cm³/mol. The molecule has 1 aliphatic rings. The Morgan fingerprint density at radius 2 is 1.72 bits per heavy atom. The third kappa shape index (κ3) is 10.3. The zero-order valence-electron chi connectivity index (χ0n) is 18.4. The minimum absolute atomic E-state index is 0.249. The van der Waals surface area contributed by atoms with Gasteiger partial charge in [-0.3, -0.25) is 0 Å². The van der Waals surface area contributed by atoms with Crippen LogP contribution in [0.1, 0.15) is 83.6 Å². The van der Waals surface area contributed by atoms with Crippen molar-refractivity contribution in [1.29, 1.82) is 0 Å². The van der Waals surface area contributed by atoms with Gasteiger partial charge in [-0.05, 0) is 63.0 Å². The first-order chi connectivity index (χ1) is 14.2. The molecule has 2 heteroatoms. The lowest BCUT2D eigenvalue weighted by atomic mass is 9.89. The molecule has 0 aliphatic heterocycles. The van der Waals surface area contributed by atoms with E-state index in [4.69, 9.17) is 4.74 Å². The maximum absolute atomic E-state index is 11.6. The second-order valence-corrected chi connectivity index (χ2v) is 8.17. The number of ether oxygens (including phenoxy) is 1. The van der Waals surface area contributed by atoms with Gasteiger partial charge in [0, 0.05) is 6.08 Å². The molecule has 0 saturated heterocycles. The van der Waals surface area contributed by atoms with Crippen LogP contribution >= 0.6 is 0 Å². The van der Waals surface area contributed by atoms with E-state index in [9.17, 15) is 4.79 Å². The van der Waals surface area contributed by atoms with Gasteiger partial charge < -0.3 is 4.74 Å². The first-order valence-electron chi connectivity index (χ1n) is 11.4. The maximum Gasteiger partial charge on any atom is 0.330 e. The van der Waals surface area contributed by atoms with Crippen molar-refractivity contribution < 1.29 is 9.53 Å². The summed E-state index contributed by atoms with van der Waals surface area (Å²) in [6.45, 7) is 4.23. The first kappa shape index (κ1) is 23.2. The lowest BCUT2D eigenvalue weighted by Gasteiger charge is -2.16. The molecule has 158 valence electrons. The highest BCUT2D eigenvalue weighted by atomic mass is 16.5. The Bertz CT molecular complexity index is 682. The highest BCUT2D eigenvalue weighted by molar-refractivity contribution is 5.83. The normalized spacial score (nSPS) is 21.5. The standard InChI is InChI=1S/C27H38O2/c1-3-29-27(28)21-23(2)17-18-24-13-9-6-4-5-7-10-16-26(20-19-24)22-25-14-11-8-12-15-25/h8,11-12,14-15,17-18,21-22,24H,3-7,9-10,13,16,19-20H2,1-2H3. The Labute approximate surface area is 177 Å². The second-order valence-electron chi connectivity index (χ2n) is 8.17. The van der Waals surface area contributed by atoms with Crippen molar-refractivity contribution in [2.24, 2.45) is 5.92 Å². The van der Waals surface area contributed by atoms with Crippen molar-refractivity contribution in [2.45, 2.75) is 78.1 Å². The largest absolute Gasteiger partial charge is 0.463 e. The molecule has 1 atom stereocenters. The Morgan fingerprint density at radius 1 is 1.00 bits per heavy atom. The molecule has 1 fully saturated rings. The second kappa shape index (κ2) is 14.0. The van der Waals surface area contributed by atoms with Gasteiger partial charge in [-0.2, -0.15) is 0 Å². The summed E-state index contributed by atoms with van der Waals surface area (Å²) in [5.41, 5.74) is 3.86.